The number of rotatable bonds is 4. The van der Waals surface area contributed by atoms with Gasteiger partial charge in [0.2, 0.25) is 10.0 Å². The number of benzene rings is 2. The third-order valence-electron chi connectivity index (χ3n) is 3.88. The number of amides is 1. The Morgan fingerprint density at radius 2 is 1.78 bits per heavy atom. The summed E-state index contributed by atoms with van der Waals surface area (Å²) in [5.41, 5.74) is 3.26. The zero-order valence-corrected chi connectivity index (χ0v) is 14.1. The second kappa shape index (κ2) is 6.52. The molecular formula is C17H20N2O3S. The monoisotopic (exact) mass is 332 g/mol. The molecule has 1 amide bonds. The number of sulfonamides is 1. The third-order valence-corrected chi connectivity index (χ3v) is 4.79. The number of carbonyl (C=O) groups excluding carboxylic acids is 1. The predicted octanol–water partition coefficient (Wildman–Crippen LogP) is 2.44. The van der Waals surface area contributed by atoms with Gasteiger partial charge in [-0.15, -0.1) is 0 Å². The lowest BCUT2D eigenvalue weighted by Gasteiger charge is -2.16. The summed E-state index contributed by atoms with van der Waals surface area (Å²) in [7, 11) is -3.76. The van der Waals surface area contributed by atoms with E-state index >= 15 is 0 Å². The van der Waals surface area contributed by atoms with Gasteiger partial charge in [0.25, 0.3) is 5.91 Å². The van der Waals surface area contributed by atoms with Crippen LogP contribution in [0.2, 0.25) is 0 Å². The number of aryl methyl sites for hydroxylation is 1. The zero-order valence-electron chi connectivity index (χ0n) is 13.3. The van der Waals surface area contributed by atoms with Crippen molar-refractivity contribution < 1.29 is 13.2 Å². The molecule has 1 atom stereocenters. The minimum absolute atomic E-state index is 0.0304. The van der Waals surface area contributed by atoms with Crippen LogP contribution in [0.3, 0.4) is 0 Å². The molecule has 0 radical (unpaired) electrons. The van der Waals surface area contributed by atoms with E-state index in [2.05, 4.69) is 5.32 Å². The van der Waals surface area contributed by atoms with Crippen LogP contribution >= 0.6 is 0 Å². The first-order valence-electron chi connectivity index (χ1n) is 7.20. The molecule has 2 rings (SSSR count). The Balaban J connectivity index is 2.24. The molecule has 0 saturated carbocycles. The summed E-state index contributed by atoms with van der Waals surface area (Å²) < 4.78 is 22.8. The van der Waals surface area contributed by atoms with Crippen LogP contribution in [0.1, 0.15) is 40.0 Å². The van der Waals surface area contributed by atoms with Crippen LogP contribution in [0.4, 0.5) is 0 Å². The van der Waals surface area contributed by atoms with E-state index in [0.29, 0.717) is 11.1 Å². The number of hydrogen-bond acceptors (Lipinski definition) is 3. The lowest BCUT2D eigenvalue weighted by atomic mass is 10.0. The van der Waals surface area contributed by atoms with Gasteiger partial charge in [-0.3, -0.25) is 4.79 Å². The topological polar surface area (TPSA) is 89.3 Å². The van der Waals surface area contributed by atoms with Crippen molar-refractivity contribution in [2.24, 2.45) is 5.14 Å². The van der Waals surface area contributed by atoms with Gasteiger partial charge in [-0.2, -0.15) is 0 Å². The molecule has 122 valence electrons. The van der Waals surface area contributed by atoms with E-state index in [0.717, 1.165) is 11.1 Å². The first kappa shape index (κ1) is 17.2. The van der Waals surface area contributed by atoms with Gasteiger partial charge in [-0.1, -0.05) is 24.3 Å². The molecule has 0 aliphatic rings. The summed E-state index contributed by atoms with van der Waals surface area (Å²) in [6.07, 6.45) is 0. The van der Waals surface area contributed by atoms with Gasteiger partial charge in [0.15, 0.2) is 0 Å². The van der Waals surface area contributed by atoms with Crippen molar-refractivity contribution in [2.45, 2.75) is 31.7 Å². The van der Waals surface area contributed by atoms with E-state index in [4.69, 9.17) is 5.14 Å². The van der Waals surface area contributed by atoms with E-state index < -0.39 is 10.0 Å². The molecular weight excluding hydrogens is 312 g/mol. The number of nitrogens with two attached hydrogens (primary N) is 1. The number of carbonyl (C=O) groups is 1. The molecule has 23 heavy (non-hydrogen) atoms. The van der Waals surface area contributed by atoms with Gasteiger partial charge in [0.05, 0.1) is 10.9 Å². The zero-order chi connectivity index (χ0) is 17.2. The standard InChI is InChI=1S/C17H20N2O3S/c1-11-6-4-9-16(12(11)2)17(20)19-13(3)14-7-5-8-15(10-14)23(18,21)22/h4-10,13H,1-3H3,(H,19,20)(H2,18,21,22). The van der Waals surface area contributed by atoms with Gasteiger partial charge >= 0.3 is 0 Å². The van der Waals surface area contributed by atoms with Crippen molar-refractivity contribution in [3.05, 3.63) is 64.7 Å². The Bertz CT molecular complexity index is 845. The van der Waals surface area contributed by atoms with E-state index in [1.165, 1.54) is 12.1 Å². The molecule has 0 bridgehead atoms. The van der Waals surface area contributed by atoms with Gasteiger partial charge < -0.3 is 5.32 Å². The third kappa shape index (κ3) is 3.97. The van der Waals surface area contributed by atoms with Crippen molar-refractivity contribution in [3.63, 3.8) is 0 Å². The summed E-state index contributed by atoms with van der Waals surface area (Å²) in [5.74, 6) is -0.195. The fourth-order valence-corrected chi connectivity index (χ4v) is 2.88. The largest absolute Gasteiger partial charge is 0.346 e. The fraction of sp³-hybridized carbons (Fsp3) is 0.235. The molecule has 0 spiro atoms. The van der Waals surface area contributed by atoms with Crippen LogP contribution in [0.5, 0.6) is 0 Å². The van der Waals surface area contributed by atoms with Crippen molar-refractivity contribution in [3.8, 4) is 0 Å². The van der Waals surface area contributed by atoms with Crippen LogP contribution in [0.25, 0.3) is 0 Å². The molecule has 0 aliphatic heterocycles. The molecule has 2 aromatic carbocycles. The highest BCUT2D eigenvalue weighted by atomic mass is 32.2. The average molecular weight is 332 g/mol. The van der Waals surface area contributed by atoms with Crippen molar-refractivity contribution in [1.82, 2.24) is 5.32 Å². The Morgan fingerprint density at radius 3 is 2.43 bits per heavy atom. The lowest BCUT2D eigenvalue weighted by molar-refractivity contribution is 0.0939. The quantitative estimate of drug-likeness (QED) is 0.901. The highest BCUT2D eigenvalue weighted by Gasteiger charge is 2.16. The first-order chi connectivity index (χ1) is 10.7. The second-order valence-corrected chi connectivity index (χ2v) is 7.12. The SMILES string of the molecule is Cc1cccc(C(=O)NC(C)c2cccc(S(N)(=O)=O)c2)c1C. The normalized spacial score (nSPS) is 12.7. The predicted molar refractivity (Wildman–Crippen MR) is 89.6 cm³/mol. The highest BCUT2D eigenvalue weighted by molar-refractivity contribution is 7.89. The number of hydrogen-bond donors (Lipinski definition) is 2. The molecule has 0 fully saturated rings. The number of primary sulfonamides is 1. The van der Waals surface area contributed by atoms with Gasteiger partial charge in [-0.25, -0.2) is 13.6 Å². The Morgan fingerprint density at radius 1 is 1.13 bits per heavy atom. The van der Waals surface area contributed by atoms with Crippen molar-refractivity contribution in [1.29, 1.82) is 0 Å². The molecule has 2 aromatic rings. The van der Waals surface area contributed by atoms with Crippen molar-refractivity contribution in [2.75, 3.05) is 0 Å². The van der Waals surface area contributed by atoms with Crippen LogP contribution in [-0.4, -0.2) is 14.3 Å². The van der Waals surface area contributed by atoms with Crippen LogP contribution in [0, 0.1) is 13.8 Å². The molecule has 1 unspecified atom stereocenters. The highest BCUT2D eigenvalue weighted by Crippen LogP contribution is 2.18. The molecule has 0 saturated heterocycles. The van der Waals surface area contributed by atoms with Crippen molar-refractivity contribution >= 4 is 15.9 Å². The fourth-order valence-electron chi connectivity index (χ4n) is 2.32. The van der Waals surface area contributed by atoms with Crippen LogP contribution < -0.4 is 10.5 Å². The average Bonchev–Trinajstić information content (AvgIpc) is 2.49. The van der Waals surface area contributed by atoms with E-state index in [1.807, 2.05) is 26.0 Å². The first-order valence-corrected chi connectivity index (χ1v) is 8.74. The molecule has 0 aliphatic carbocycles. The second-order valence-electron chi connectivity index (χ2n) is 5.56. The molecule has 0 aromatic heterocycles. The smallest absolute Gasteiger partial charge is 0.252 e. The van der Waals surface area contributed by atoms with Gasteiger partial charge in [0.1, 0.15) is 0 Å². The number of nitrogens with one attached hydrogen (secondary N) is 1. The van der Waals surface area contributed by atoms with E-state index in [9.17, 15) is 13.2 Å². The molecule has 5 nitrogen and oxygen atoms in total. The summed E-state index contributed by atoms with van der Waals surface area (Å²) >= 11 is 0. The summed E-state index contributed by atoms with van der Waals surface area (Å²) in [6.45, 7) is 5.65. The molecule has 0 heterocycles. The Labute approximate surface area is 136 Å². The Hall–Kier alpha value is -2.18. The summed E-state index contributed by atoms with van der Waals surface area (Å²) in [6, 6.07) is 11.5. The maximum Gasteiger partial charge on any atom is 0.252 e. The maximum absolute atomic E-state index is 12.4. The minimum atomic E-state index is -3.76. The maximum atomic E-state index is 12.4. The van der Waals surface area contributed by atoms with Gasteiger partial charge in [0, 0.05) is 5.56 Å². The van der Waals surface area contributed by atoms with Crippen LogP contribution in [-0.2, 0) is 10.0 Å². The van der Waals surface area contributed by atoms with Crippen LogP contribution in [0.15, 0.2) is 47.4 Å². The lowest BCUT2D eigenvalue weighted by Crippen LogP contribution is -2.27. The summed E-state index contributed by atoms with van der Waals surface area (Å²) in [4.78, 5) is 12.5. The van der Waals surface area contributed by atoms with Gasteiger partial charge in [-0.05, 0) is 55.7 Å². The summed E-state index contributed by atoms with van der Waals surface area (Å²) in [5, 5.41) is 8.02. The molecule has 3 N–H and O–H groups in total. The van der Waals surface area contributed by atoms with E-state index in [1.54, 1.807) is 25.1 Å². The van der Waals surface area contributed by atoms with E-state index in [-0.39, 0.29) is 16.8 Å². The Kier molecular flexibility index (Phi) is 4.87. The minimum Gasteiger partial charge on any atom is -0.346 e. The molecule has 6 heteroatoms.